The molecule has 1 aromatic heterocycles. The van der Waals surface area contributed by atoms with E-state index in [1.165, 1.54) is 12.0 Å². The number of Topliss-reactive ketones (excluding diaryl/α,β-unsaturated/α-hetero) is 1. The minimum atomic E-state index is -3.85. The summed E-state index contributed by atoms with van der Waals surface area (Å²) in [5.74, 6) is -1.38. The van der Waals surface area contributed by atoms with Crippen LogP contribution in [0.1, 0.15) is 96.0 Å². The highest BCUT2D eigenvalue weighted by atomic mass is 32.2. The van der Waals surface area contributed by atoms with E-state index in [-0.39, 0.29) is 55.9 Å². The normalized spacial score (nSPS) is 30.4. The number of methoxy groups -OCH3 is 2. The number of allylic oxidation sites excluding steroid dienone is 3. The summed E-state index contributed by atoms with van der Waals surface area (Å²) in [7, 11) is -0.749. The largest absolute Gasteiger partial charge is 0.496 e. The van der Waals surface area contributed by atoms with Crippen LogP contribution in [0, 0.1) is 23.2 Å². The van der Waals surface area contributed by atoms with Crippen molar-refractivity contribution in [1.29, 1.82) is 0 Å². The van der Waals surface area contributed by atoms with Crippen molar-refractivity contribution in [3.8, 4) is 17.4 Å². The SMILES string of the molecule is COc1cc2c3cc(c(OC)cc3n1)/C=C/CC[C@H](C)COC(=O)C[C@H]1CCCCC/C=C\[C@@H]3C[C@@]3(C(=O)NS(=O)(=O)C3CC3)CC(=O)[C@@H]3C[C@H](CN3C1=O)O2. The lowest BCUT2D eigenvalue weighted by Crippen LogP contribution is -2.46. The molecule has 0 radical (unpaired) electrons. The van der Waals surface area contributed by atoms with Crippen LogP contribution in [0.4, 0.5) is 0 Å². The Morgan fingerprint density at radius 3 is 2.59 bits per heavy atom. The van der Waals surface area contributed by atoms with E-state index < -0.39 is 50.6 Å². The van der Waals surface area contributed by atoms with Crippen molar-refractivity contribution in [2.75, 3.05) is 27.4 Å². The molecule has 3 aliphatic heterocycles. The second-order valence-electron chi connectivity index (χ2n) is 16.3. The molecule has 1 aromatic carbocycles. The quantitative estimate of drug-likeness (QED) is 0.292. The van der Waals surface area contributed by atoms with E-state index in [4.69, 9.17) is 18.9 Å². The first-order valence-corrected chi connectivity index (χ1v) is 21.6. The Kier molecular flexibility index (Phi) is 11.8. The van der Waals surface area contributed by atoms with Gasteiger partial charge in [0.05, 0.1) is 56.0 Å². The van der Waals surface area contributed by atoms with Gasteiger partial charge in [-0.25, -0.2) is 13.4 Å². The summed E-state index contributed by atoms with van der Waals surface area (Å²) < 4.78 is 51.8. The zero-order valence-electron chi connectivity index (χ0n) is 32.5. The van der Waals surface area contributed by atoms with E-state index in [0.29, 0.717) is 60.4 Å². The van der Waals surface area contributed by atoms with Crippen LogP contribution in [-0.4, -0.2) is 86.6 Å². The van der Waals surface area contributed by atoms with Gasteiger partial charge >= 0.3 is 5.97 Å². The Balaban J connectivity index is 1.26. The lowest BCUT2D eigenvalue weighted by Gasteiger charge is -2.29. The van der Waals surface area contributed by atoms with E-state index in [9.17, 15) is 27.6 Å². The summed E-state index contributed by atoms with van der Waals surface area (Å²) in [4.78, 5) is 62.6. The number of hydrogen-bond donors (Lipinski definition) is 1. The van der Waals surface area contributed by atoms with Crippen LogP contribution < -0.4 is 18.9 Å². The monoisotopic (exact) mass is 791 g/mol. The fraction of sp³-hybridized carbons (Fsp3) is 0.595. The highest BCUT2D eigenvalue weighted by Gasteiger charge is 2.61. The van der Waals surface area contributed by atoms with Gasteiger partial charge in [-0.15, -0.1) is 0 Å². The van der Waals surface area contributed by atoms with Crippen LogP contribution in [0.25, 0.3) is 17.0 Å². The number of esters is 1. The maximum atomic E-state index is 14.7. The van der Waals surface area contributed by atoms with E-state index in [1.54, 1.807) is 13.2 Å². The van der Waals surface area contributed by atoms with Crippen molar-refractivity contribution >= 4 is 50.6 Å². The molecule has 1 saturated heterocycles. The smallest absolute Gasteiger partial charge is 0.306 e. The third kappa shape index (κ3) is 8.74. The molecule has 13 nitrogen and oxygen atoms in total. The number of nitrogens with zero attached hydrogens (tertiary/aromatic N) is 2. The molecule has 2 aromatic rings. The van der Waals surface area contributed by atoms with Crippen LogP contribution in [0.3, 0.4) is 0 Å². The molecule has 2 aliphatic carbocycles. The van der Waals surface area contributed by atoms with Crippen molar-refractivity contribution in [3.63, 3.8) is 0 Å². The molecule has 0 unspecified atom stereocenters. The summed E-state index contributed by atoms with van der Waals surface area (Å²) in [5, 5.41) is 0.0942. The highest BCUT2D eigenvalue weighted by molar-refractivity contribution is 7.90. The summed E-state index contributed by atoms with van der Waals surface area (Å²) in [6.45, 7) is 2.30. The van der Waals surface area contributed by atoms with Crippen LogP contribution >= 0.6 is 0 Å². The van der Waals surface area contributed by atoms with Gasteiger partial charge in [0, 0.05) is 41.8 Å². The van der Waals surface area contributed by atoms with Crippen LogP contribution in [-0.2, 0) is 33.9 Å². The number of ether oxygens (including phenoxy) is 4. The van der Waals surface area contributed by atoms with Gasteiger partial charge in [-0.2, -0.15) is 0 Å². The summed E-state index contributed by atoms with van der Waals surface area (Å²) in [6.07, 6.45) is 13.5. The second-order valence-corrected chi connectivity index (χ2v) is 18.2. The van der Waals surface area contributed by atoms with Gasteiger partial charge in [0.1, 0.15) is 17.6 Å². The van der Waals surface area contributed by atoms with E-state index in [2.05, 4.69) is 15.8 Å². The Hall–Kier alpha value is -4.46. The van der Waals surface area contributed by atoms with Crippen LogP contribution in [0.15, 0.2) is 36.4 Å². The fourth-order valence-electron chi connectivity index (χ4n) is 8.40. The van der Waals surface area contributed by atoms with Crippen LogP contribution in [0.2, 0.25) is 0 Å². The van der Waals surface area contributed by atoms with Crippen molar-refractivity contribution in [3.05, 3.63) is 42.0 Å². The molecule has 5 bridgehead atoms. The molecule has 2 amide bonds. The summed E-state index contributed by atoms with van der Waals surface area (Å²) in [6, 6.07) is 4.47. The Morgan fingerprint density at radius 1 is 1.00 bits per heavy atom. The maximum absolute atomic E-state index is 14.7. The lowest BCUT2D eigenvalue weighted by atomic mass is 9.90. The molecule has 2 saturated carbocycles. The molecular formula is C42H53N3O10S. The molecular weight excluding hydrogens is 739 g/mol. The summed E-state index contributed by atoms with van der Waals surface area (Å²) >= 11 is 0. The van der Waals surface area contributed by atoms with Gasteiger partial charge in [-0.3, -0.25) is 23.9 Å². The average Bonchev–Trinajstić information content (AvgIpc) is 4.10. The number of fused-ring (bicyclic) bond motifs is 4. The highest BCUT2D eigenvalue weighted by Crippen LogP contribution is 2.57. The first-order valence-electron chi connectivity index (χ1n) is 20.0. The number of sulfonamides is 1. The number of aromatic nitrogens is 1. The number of benzene rings is 1. The van der Waals surface area contributed by atoms with Crippen molar-refractivity contribution in [2.45, 2.75) is 108 Å². The van der Waals surface area contributed by atoms with Crippen molar-refractivity contribution in [1.82, 2.24) is 14.6 Å². The lowest BCUT2D eigenvalue weighted by molar-refractivity contribution is -0.151. The van der Waals surface area contributed by atoms with Gasteiger partial charge in [-0.05, 0) is 69.3 Å². The molecule has 4 heterocycles. The van der Waals surface area contributed by atoms with Crippen molar-refractivity contribution in [2.24, 2.45) is 23.2 Å². The number of carbonyl (C=O) groups excluding carboxylic acids is 4. The minimum Gasteiger partial charge on any atom is -0.496 e. The number of hydrogen-bond acceptors (Lipinski definition) is 11. The minimum absolute atomic E-state index is 0.0610. The fourth-order valence-corrected chi connectivity index (χ4v) is 9.78. The number of cyclic esters (lactones) is 1. The van der Waals surface area contributed by atoms with Gasteiger partial charge in [0.2, 0.25) is 27.7 Å². The number of carbonyl (C=O) groups is 4. The van der Waals surface area contributed by atoms with Gasteiger partial charge in [0.15, 0.2) is 5.78 Å². The predicted octanol–water partition coefficient (Wildman–Crippen LogP) is 5.69. The van der Waals surface area contributed by atoms with E-state index >= 15 is 0 Å². The molecule has 14 heteroatoms. The molecule has 6 atom stereocenters. The van der Waals surface area contributed by atoms with Gasteiger partial charge in [-0.1, -0.05) is 44.1 Å². The average molecular weight is 792 g/mol. The van der Waals surface area contributed by atoms with E-state index in [1.807, 2.05) is 37.3 Å². The van der Waals surface area contributed by atoms with Gasteiger partial charge in [0.25, 0.3) is 0 Å². The molecule has 1 N–H and O–H groups in total. The molecule has 7 rings (SSSR count). The number of ketones is 1. The number of pyridine rings is 1. The summed E-state index contributed by atoms with van der Waals surface area (Å²) in [5.41, 5.74) is 0.137. The molecule has 3 fully saturated rings. The second kappa shape index (κ2) is 16.6. The van der Waals surface area contributed by atoms with E-state index in [0.717, 1.165) is 37.7 Å². The maximum Gasteiger partial charge on any atom is 0.306 e. The third-order valence-electron chi connectivity index (χ3n) is 12.0. The predicted molar refractivity (Wildman–Crippen MR) is 208 cm³/mol. The topological polar surface area (TPSA) is 167 Å². The standard InChI is InChI=1S/C42H53N3O10S/c1-26-11-9-10-12-27-17-32-33(20-36(27)52-2)43-38(53-3)21-37(32)55-30-19-34-35(46)23-42(41(49)44-56(50,51)31-15-16-31)22-29(42)14-8-6-4-5-7-13-28(18-39(47)54-25-26)40(48)45(34)24-30/h8,10,12,14,17,20-21,26,28-31,34H,4-7,9,11,13,15-16,18-19,22-25H2,1-3H3,(H,44,49)/b12-10+,14-8-/t26-,28+,29+,30+,34-,42+/m0/s1. The third-order valence-corrected chi connectivity index (χ3v) is 13.8. The number of amides is 2. The number of rotatable bonds is 5. The van der Waals surface area contributed by atoms with Gasteiger partial charge < -0.3 is 23.8 Å². The van der Waals surface area contributed by atoms with Crippen LogP contribution in [0.5, 0.6) is 17.4 Å². The zero-order chi connectivity index (χ0) is 39.6. The molecule has 302 valence electrons. The molecule has 5 aliphatic rings. The molecule has 56 heavy (non-hydrogen) atoms. The first-order chi connectivity index (χ1) is 26.9. The Bertz CT molecular complexity index is 2030. The first kappa shape index (κ1) is 39.8. The molecule has 0 spiro atoms. The number of nitrogens with one attached hydrogen (secondary N) is 1. The Morgan fingerprint density at radius 2 is 1.82 bits per heavy atom. The Labute approximate surface area is 328 Å². The van der Waals surface area contributed by atoms with Crippen molar-refractivity contribution < 1.29 is 46.5 Å². The zero-order valence-corrected chi connectivity index (χ0v) is 33.3.